The predicted molar refractivity (Wildman–Crippen MR) is 56.5 cm³/mol. The van der Waals surface area contributed by atoms with Gasteiger partial charge in [0.15, 0.2) is 0 Å². The van der Waals surface area contributed by atoms with Crippen molar-refractivity contribution in [3.8, 4) is 0 Å². The van der Waals surface area contributed by atoms with Gasteiger partial charge >= 0.3 is 0 Å². The van der Waals surface area contributed by atoms with Crippen LogP contribution >= 0.6 is 11.6 Å². The smallest absolute Gasteiger partial charge is 0.129 e. The minimum absolute atomic E-state index is 0.117. The van der Waals surface area contributed by atoms with Gasteiger partial charge in [0.25, 0.3) is 0 Å². The Balaban J connectivity index is 2.26. The average molecular weight is 211 g/mol. The van der Waals surface area contributed by atoms with Crippen LogP contribution in [0.4, 0.5) is 5.82 Å². The van der Waals surface area contributed by atoms with Crippen LogP contribution in [0.2, 0.25) is 5.02 Å². The number of rotatable bonds is 2. The van der Waals surface area contributed by atoms with Crippen LogP contribution in [-0.2, 0) is 6.61 Å². The van der Waals surface area contributed by atoms with Gasteiger partial charge in [0.05, 0.1) is 17.3 Å². The molecule has 0 fully saturated rings. The van der Waals surface area contributed by atoms with Crippen molar-refractivity contribution in [3.63, 3.8) is 0 Å². The van der Waals surface area contributed by atoms with Gasteiger partial charge in [-0.2, -0.15) is 0 Å². The number of hydrogen-bond donors (Lipinski definition) is 1. The van der Waals surface area contributed by atoms with Crippen molar-refractivity contribution in [2.45, 2.75) is 6.61 Å². The lowest BCUT2D eigenvalue weighted by molar-refractivity contribution is 0.277. The lowest BCUT2D eigenvalue weighted by Crippen LogP contribution is -2.20. The van der Waals surface area contributed by atoms with E-state index in [0.717, 1.165) is 18.9 Å². The summed E-state index contributed by atoms with van der Waals surface area (Å²) in [6.07, 6.45) is 4.18. The van der Waals surface area contributed by atoms with E-state index in [1.165, 1.54) is 0 Å². The van der Waals surface area contributed by atoms with E-state index < -0.39 is 0 Å². The zero-order chi connectivity index (χ0) is 9.97. The van der Waals surface area contributed by atoms with Crippen LogP contribution in [0.1, 0.15) is 5.69 Å². The highest BCUT2D eigenvalue weighted by Crippen LogP contribution is 2.20. The number of nitrogens with zero attached hydrogens (tertiary/aromatic N) is 2. The molecule has 14 heavy (non-hydrogen) atoms. The number of aliphatic hydroxyl groups excluding tert-OH is 1. The van der Waals surface area contributed by atoms with E-state index in [2.05, 4.69) is 22.0 Å². The molecule has 0 bridgehead atoms. The molecule has 2 rings (SSSR count). The fourth-order valence-corrected chi connectivity index (χ4v) is 1.59. The van der Waals surface area contributed by atoms with E-state index in [0.29, 0.717) is 10.7 Å². The Bertz CT molecular complexity index is 357. The molecule has 0 saturated carbocycles. The molecular formula is C10H11ClN2O. The highest BCUT2D eigenvalue weighted by Gasteiger charge is 2.10. The molecule has 0 amide bonds. The fraction of sp³-hybridized carbons (Fsp3) is 0.300. The standard InChI is InChI=1S/C10H11ClN2O/c11-8-3-4-10(12-9(8)7-14)13-5-1-2-6-13/h1-4,14H,5-7H2. The number of halogens is 1. The van der Waals surface area contributed by atoms with Crippen molar-refractivity contribution in [2.75, 3.05) is 18.0 Å². The van der Waals surface area contributed by atoms with Gasteiger partial charge in [-0.05, 0) is 12.1 Å². The molecular weight excluding hydrogens is 200 g/mol. The molecule has 74 valence electrons. The van der Waals surface area contributed by atoms with Crippen LogP contribution < -0.4 is 4.90 Å². The Morgan fingerprint density at radius 3 is 2.71 bits per heavy atom. The Labute approximate surface area is 87.6 Å². The molecule has 0 radical (unpaired) electrons. The molecule has 2 heterocycles. The molecule has 3 nitrogen and oxygen atoms in total. The largest absolute Gasteiger partial charge is 0.390 e. The summed E-state index contributed by atoms with van der Waals surface area (Å²) in [6.45, 7) is 1.63. The molecule has 1 aliphatic heterocycles. The van der Waals surface area contributed by atoms with E-state index in [9.17, 15) is 0 Å². The molecule has 0 saturated heterocycles. The molecule has 1 aliphatic rings. The van der Waals surface area contributed by atoms with Gasteiger partial charge in [-0.15, -0.1) is 0 Å². The molecule has 4 heteroatoms. The Hall–Kier alpha value is -1.06. The summed E-state index contributed by atoms with van der Waals surface area (Å²) < 4.78 is 0. The van der Waals surface area contributed by atoms with Crippen LogP contribution in [0.5, 0.6) is 0 Å². The van der Waals surface area contributed by atoms with E-state index in [1.807, 2.05) is 6.07 Å². The fourth-order valence-electron chi connectivity index (χ4n) is 1.42. The van der Waals surface area contributed by atoms with Crippen LogP contribution in [0.15, 0.2) is 24.3 Å². The van der Waals surface area contributed by atoms with E-state index in [-0.39, 0.29) is 6.61 Å². The maximum Gasteiger partial charge on any atom is 0.129 e. The second kappa shape index (κ2) is 3.98. The molecule has 1 aromatic rings. The van der Waals surface area contributed by atoms with E-state index in [1.54, 1.807) is 6.07 Å². The third-order valence-corrected chi connectivity index (χ3v) is 2.54. The molecule has 0 aliphatic carbocycles. The summed E-state index contributed by atoms with van der Waals surface area (Å²) in [7, 11) is 0. The van der Waals surface area contributed by atoms with Crippen molar-refractivity contribution < 1.29 is 5.11 Å². The normalized spacial score (nSPS) is 15.1. The van der Waals surface area contributed by atoms with Gasteiger partial charge in [-0.1, -0.05) is 23.8 Å². The van der Waals surface area contributed by atoms with Gasteiger partial charge < -0.3 is 10.0 Å². The second-order valence-electron chi connectivity index (χ2n) is 3.13. The Kier molecular flexibility index (Phi) is 2.70. The minimum atomic E-state index is -0.117. The maximum absolute atomic E-state index is 9.00. The minimum Gasteiger partial charge on any atom is -0.390 e. The molecule has 0 spiro atoms. The van der Waals surface area contributed by atoms with Gasteiger partial charge in [0.1, 0.15) is 5.82 Å². The summed E-state index contributed by atoms with van der Waals surface area (Å²) in [5.41, 5.74) is 0.538. The van der Waals surface area contributed by atoms with Gasteiger partial charge in [0.2, 0.25) is 0 Å². The molecule has 1 aromatic heterocycles. The quantitative estimate of drug-likeness (QED) is 0.754. The Morgan fingerprint density at radius 2 is 2.07 bits per heavy atom. The highest BCUT2D eigenvalue weighted by atomic mass is 35.5. The van der Waals surface area contributed by atoms with Gasteiger partial charge in [-0.3, -0.25) is 0 Å². The number of anilines is 1. The predicted octanol–water partition coefficient (Wildman–Crippen LogP) is 1.60. The number of hydrogen-bond acceptors (Lipinski definition) is 3. The third kappa shape index (κ3) is 1.74. The highest BCUT2D eigenvalue weighted by molar-refractivity contribution is 6.31. The van der Waals surface area contributed by atoms with Crippen molar-refractivity contribution in [3.05, 3.63) is 35.0 Å². The lowest BCUT2D eigenvalue weighted by Gasteiger charge is -2.17. The van der Waals surface area contributed by atoms with Gasteiger partial charge in [-0.25, -0.2) is 4.98 Å². The van der Waals surface area contributed by atoms with Crippen LogP contribution in [-0.4, -0.2) is 23.2 Å². The molecule has 0 aromatic carbocycles. The molecule has 1 N–H and O–H groups in total. The Morgan fingerprint density at radius 1 is 1.36 bits per heavy atom. The summed E-state index contributed by atoms with van der Waals surface area (Å²) in [5.74, 6) is 0.864. The summed E-state index contributed by atoms with van der Waals surface area (Å²) in [6, 6.07) is 3.64. The topological polar surface area (TPSA) is 36.4 Å². The lowest BCUT2D eigenvalue weighted by atomic mass is 10.3. The van der Waals surface area contributed by atoms with Crippen molar-refractivity contribution in [1.29, 1.82) is 0 Å². The first-order chi connectivity index (χ1) is 6.81. The van der Waals surface area contributed by atoms with E-state index in [4.69, 9.17) is 16.7 Å². The maximum atomic E-state index is 9.00. The summed E-state index contributed by atoms with van der Waals surface area (Å²) >= 11 is 5.85. The second-order valence-corrected chi connectivity index (χ2v) is 3.54. The van der Waals surface area contributed by atoms with Crippen LogP contribution in [0.3, 0.4) is 0 Å². The zero-order valence-electron chi connectivity index (χ0n) is 7.65. The SMILES string of the molecule is OCc1nc(N2CC=CC2)ccc1Cl. The van der Waals surface area contributed by atoms with Crippen molar-refractivity contribution in [1.82, 2.24) is 4.98 Å². The van der Waals surface area contributed by atoms with Crippen LogP contribution in [0, 0.1) is 0 Å². The van der Waals surface area contributed by atoms with Crippen molar-refractivity contribution in [2.24, 2.45) is 0 Å². The molecule has 0 unspecified atom stereocenters. The first kappa shape index (κ1) is 9.49. The zero-order valence-corrected chi connectivity index (χ0v) is 8.41. The third-order valence-electron chi connectivity index (χ3n) is 2.20. The monoisotopic (exact) mass is 210 g/mol. The molecule has 0 atom stereocenters. The first-order valence-electron chi connectivity index (χ1n) is 4.47. The van der Waals surface area contributed by atoms with Crippen molar-refractivity contribution >= 4 is 17.4 Å². The number of pyridine rings is 1. The summed E-state index contributed by atoms with van der Waals surface area (Å²) in [4.78, 5) is 6.38. The van der Waals surface area contributed by atoms with Gasteiger partial charge in [0, 0.05) is 13.1 Å². The first-order valence-corrected chi connectivity index (χ1v) is 4.85. The number of aromatic nitrogens is 1. The van der Waals surface area contributed by atoms with E-state index >= 15 is 0 Å². The average Bonchev–Trinajstić information content (AvgIpc) is 2.71. The summed E-state index contributed by atoms with van der Waals surface area (Å²) in [5, 5.41) is 9.52. The van der Waals surface area contributed by atoms with Crippen LogP contribution in [0.25, 0.3) is 0 Å². The number of aliphatic hydroxyl groups is 1.